The van der Waals surface area contributed by atoms with Crippen molar-refractivity contribution < 1.29 is 14.7 Å². The molecule has 0 saturated heterocycles. The van der Waals surface area contributed by atoms with Crippen molar-refractivity contribution in [2.45, 2.75) is 19.8 Å². The number of carbonyl (C=O) groups excluding carboxylic acids is 1. The fourth-order valence-corrected chi connectivity index (χ4v) is 2.55. The SMILES string of the molecule is CC(CNC(=O)Nc1ccc(I)cc1C(=O)O)C1CC1. The molecule has 1 fully saturated rings. The highest BCUT2D eigenvalue weighted by Crippen LogP contribution is 2.36. The lowest BCUT2D eigenvalue weighted by Crippen LogP contribution is -2.33. The number of carboxylic acid groups (broad SMARTS) is 1. The molecular formula is C14H17IN2O3. The van der Waals surface area contributed by atoms with Gasteiger partial charge in [-0.05, 0) is 65.5 Å². The molecule has 2 rings (SSSR count). The number of aromatic carboxylic acids is 1. The topological polar surface area (TPSA) is 78.4 Å². The molecule has 1 aromatic carbocycles. The van der Waals surface area contributed by atoms with E-state index in [0.29, 0.717) is 18.2 Å². The second-order valence-corrected chi connectivity index (χ2v) is 6.39. The molecule has 3 N–H and O–H groups in total. The predicted molar refractivity (Wildman–Crippen MR) is 85.0 cm³/mol. The lowest BCUT2D eigenvalue weighted by Gasteiger charge is -2.13. The van der Waals surface area contributed by atoms with Crippen molar-refractivity contribution >= 4 is 40.3 Å². The van der Waals surface area contributed by atoms with E-state index in [4.69, 9.17) is 5.11 Å². The van der Waals surface area contributed by atoms with Crippen molar-refractivity contribution in [3.63, 3.8) is 0 Å². The molecule has 108 valence electrons. The Hall–Kier alpha value is -1.31. The minimum Gasteiger partial charge on any atom is -0.478 e. The number of hydrogen-bond acceptors (Lipinski definition) is 2. The summed E-state index contributed by atoms with van der Waals surface area (Å²) in [6, 6.07) is 4.54. The lowest BCUT2D eigenvalue weighted by molar-refractivity contribution is 0.0698. The van der Waals surface area contributed by atoms with Crippen LogP contribution in [0, 0.1) is 15.4 Å². The number of urea groups is 1. The van der Waals surface area contributed by atoms with E-state index in [9.17, 15) is 9.59 Å². The second kappa shape index (κ2) is 6.43. The van der Waals surface area contributed by atoms with Crippen molar-refractivity contribution in [1.82, 2.24) is 5.32 Å². The van der Waals surface area contributed by atoms with E-state index < -0.39 is 5.97 Å². The van der Waals surface area contributed by atoms with Crippen LogP contribution < -0.4 is 10.6 Å². The Morgan fingerprint density at radius 1 is 1.45 bits per heavy atom. The van der Waals surface area contributed by atoms with Crippen LogP contribution in [-0.2, 0) is 0 Å². The van der Waals surface area contributed by atoms with Gasteiger partial charge in [-0.3, -0.25) is 0 Å². The summed E-state index contributed by atoms with van der Waals surface area (Å²) in [6.07, 6.45) is 2.48. The van der Waals surface area contributed by atoms with E-state index >= 15 is 0 Å². The third kappa shape index (κ3) is 4.09. The molecule has 5 nitrogen and oxygen atoms in total. The van der Waals surface area contributed by atoms with Gasteiger partial charge in [-0.1, -0.05) is 6.92 Å². The Morgan fingerprint density at radius 2 is 2.15 bits per heavy atom. The fourth-order valence-electron chi connectivity index (χ4n) is 2.05. The molecule has 1 atom stereocenters. The summed E-state index contributed by atoms with van der Waals surface area (Å²) in [5.74, 6) is 0.143. The van der Waals surface area contributed by atoms with E-state index in [1.54, 1.807) is 12.1 Å². The zero-order valence-electron chi connectivity index (χ0n) is 11.1. The van der Waals surface area contributed by atoms with Gasteiger partial charge in [-0.2, -0.15) is 0 Å². The molecule has 1 saturated carbocycles. The van der Waals surface area contributed by atoms with Crippen LogP contribution in [-0.4, -0.2) is 23.7 Å². The fraction of sp³-hybridized carbons (Fsp3) is 0.429. The normalized spacial score (nSPS) is 15.5. The molecule has 6 heteroatoms. The first-order chi connectivity index (χ1) is 9.47. The van der Waals surface area contributed by atoms with Crippen LogP contribution in [0.3, 0.4) is 0 Å². The quantitative estimate of drug-likeness (QED) is 0.679. The molecule has 0 aromatic heterocycles. The predicted octanol–water partition coefficient (Wildman–Crippen LogP) is 3.16. The molecule has 1 aliphatic carbocycles. The van der Waals surface area contributed by atoms with Crippen LogP contribution in [0.15, 0.2) is 18.2 Å². The first kappa shape index (κ1) is 15.1. The maximum atomic E-state index is 11.8. The molecule has 0 radical (unpaired) electrons. The van der Waals surface area contributed by atoms with Crippen LogP contribution >= 0.6 is 22.6 Å². The largest absolute Gasteiger partial charge is 0.478 e. The number of anilines is 1. The monoisotopic (exact) mass is 388 g/mol. The Kier molecular flexibility index (Phi) is 4.85. The van der Waals surface area contributed by atoms with Gasteiger partial charge in [0, 0.05) is 10.1 Å². The average molecular weight is 388 g/mol. The molecule has 0 spiro atoms. The third-order valence-electron chi connectivity index (χ3n) is 3.47. The Labute approximate surface area is 131 Å². The number of halogens is 1. The second-order valence-electron chi connectivity index (χ2n) is 5.14. The van der Waals surface area contributed by atoms with Crippen molar-refractivity contribution in [2.75, 3.05) is 11.9 Å². The lowest BCUT2D eigenvalue weighted by atomic mass is 10.1. The number of carboxylic acids is 1. The van der Waals surface area contributed by atoms with Crippen molar-refractivity contribution in [1.29, 1.82) is 0 Å². The van der Waals surface area contributed by atoms with Crippen molar-refractivity contribution in [2.24, 2.45) is 11.8 Å². The van der Waals surface area contributed by atoms with Crippen molar-refractivity contribution in [3.05, 3.63) is 27.3 Å². The zero-order chi connectivity index (χ0) is 14.7. The van der Waals surface area contributed by atoms with Crippen LogP contribution in [0.1, 0.15) is 30.1 Å². The maximum absolute atomic E-state index is 11.8. The third-order valence-corrected chi connectivity index (χ3v) is 4.14. The van der Waals surface area contributed by atoms with E-state index in [1.165, 1.54) is 18.9 Å². The molecule has 1 aromatic rings. The van der Waals surface area contributed by atoms with Gasteiger partial charge in [0.15, 0.2) is 0 Å². The summed E-state index contributed by atoms with van der Waals surface area (Å²) in [6.45, 7) is 2.73. The van der Waals surface area contributed by atoms with E-state index in [0.717, 1.165) is 9.49 Å². The summed E-state index contributed by atoms with van der Waals surface area (Å²) in [7, 11) is 0. The number of carbonyl (C=O) groups is 2. The summed E-state index contributed by atoms with van der Waals surface area (Å²) >= 11 is 2.04. The molecule has 0 bridgehead atoms. The summed E-state index contributed by atoms with van der Waals surface area (Å²) in [5.41, 5.74) is 0.414. The molecular weight excluding hydrogens is 371 g/mol. The molecule has 0 heterocycles. The molecule has 1 unspecified atom stereocenters. The first-order valence-corrected chi connectivity index (χ1v) is 7.63. The molecule has 1 aliphatic rings. The first-order valence-electron chi connectivity index (χ1n) is 6.55. The summed E-state index contributed by atoms with van der Waals surface area (Å²) in [4.78, 5) is 22.9. The van der Waals surface area contributed by atoms with Crippen molar-refractivity contribution in [3.8, 4) is 0 Å². The van der Waals surface area contributed by atoms with Gasteiger partial charge >= 0.3 is 12.0 Å². The van der Waals surface area contributed by atoms with Gasteiger partial charge < -0.3 is 15.7 Å². The Morgan fingerprint density at radius 3 is 2.75 bits per heavy atom. The number of hydrogen-bond donors (Lipinski definition) is 3. The average Bonchev–Trinajstić information content (AvgIpc) is 3.22. The molecule has 20 heavy (non-hydrogen) atoms. The van der Waals surface area contributed by atoms with E-state index in [2.05, 4.69) is 17.6 Å². The number of rotatable bonds is 5. The zero-order valence-corrected chi connectivity index (χ0v) is 13.3. The van der Waals surface area contributed by atoms with E-state index in [1.807, 2.05) is 22.6 Å². The number of benzene rings is 1. The highest BCUT2D eigenvalue weighted by atomic mass is 127. The van der Waals surface area contributed by atoms with Crippen LogP contribution in [0.4, 0.5) is 10.5 Å². The standard InChI is InChI=1S/C14H17IN2O3/c1-8(9-2-3-9)7-16-14(20)17-12-5-4-10(15)6-11(12)13(18)19/h4-6,8-9H,2-3,7H2,1H3,(H,18,19)(H2,16,17,20). The highest BCUT2D eigenvalue weighted by Gasteiger charge is 2.27. The van der Waals surface area contributed by atoms with Gasteiger partial charge in [-0.15, -0.1) is 0 Å². The highest BCUT2D eigenvalue weighted by molar-refractivity contribution is 14.1. The van der Waals surface area contributed by atoms with E-state index in [-0.39, 0.29) is 11.6 Å². The Balaban J connectivity index is 1.94. The van der Waals surface area contributed by atoms with Gasteiger partial charge in [0.1, 0.15) is 0 Å². The summed E-state index contributed by atoms with van der Waals surface area (Å²) in [5, 5.41) is 14.5. The minimum atomic E-state index is -1.05. The number of amides is 2. The van der Waals surface area contributed by atoms with Crippen LogP contribution in [0.25, 0.3) is 0 Å². The van der Waals surface area contributed by atoms with Gasteiger partial charge in [0.05, 0.1) is 11.3 Å². The molecule has 2 amide bonds. The molecule has 0 aliphatic heterocycles. The van der Waals surface area contributed by atoms with Gasteiger partial charge in [-0.25, -0.2) is 9.59 Å². The maximum Gasteiger partial charge on any atom is 0.337 e. The van der Waals surface area contributed by atoms with Crippen LogP contribution in [0.5, 0.6) is 0 Å². The smallest absolute Gasteiger partial charge is 0.337 e. The summed E-state index contributed by atoms with van der Waals surface area (Å²) < 4.78 is 0.813. The van der Waals surface area contributed by atoms with Gasteiger partial charge in [0.2, 0.25) is 0 Å². The Bertz CT molecular complexity index is 529. The number of nitrogens with one attached hydrogen (secondary N) is 2. The minimum absolute atomic E-state index is 0.0993. The van der Waals surface area contributed by atoms with Gasteiger partial charge in [0.25, 0.3) is 0 Å². The van der Waals surface area contributed by atoms with Crippen LogP contribution in [0.2, 0.25) is 0 Å².